The van der Waals surface area contributed by atoms with Crippen molar-refractivity contribution in [2.45, 2.75) is 45.6 Å². The fourth-order valence-electron chi connectivity index (χ4n) is 2.39. The number of carbonyl (C=O) groups is 1. The average Bonchev–Trinajstić information content (AvgIpc) is 2.37. The first-order valence-corrected chi connectivity index (χ1v) is 6.95. The molecule has 0 aliphatic heterocycles. The number of amides is 1. The highest BCUT2D eigenvalue weighted by Crippen LogP contribution is 2.19. The van der Waals surface area contributed by atoms with Gasteiger partial charge >= 0.3 is 0 Å². The maximum Gasteiger partial charge on any atom is 0.227 e. The predicted molar refractivity (Wildman–Crippen MR) is 79.9 cm³/mol. The Kier molecular flexibility index (Phi) is 5.55. The van der Waals surface area contributed by atoms with Gasteiger partial charge in [0.05, 0.1) is 5.92 Å². The van der Waals surface area contributed by atoms with Crippen molar-refractivity contribution in [2.24, 2.45) is 11.7 Å². The van der Waals surface area contributed by atoms with Gasteiger partial charge in [-0.25, -0.2) is 0 Å². The number of benzene rings is 1. The summed E-state index contributed by atoms with van der Waals surface area (Å²) in [6.45, 7) is 8.68. The van der Waals surface area contributed by atoms with E-state index in [0.29, 0.717) is 12.5 Å². The Bertz CT molecular complexity index is 402. The molecule has 2 atom stereocenters. The van der Waals surface area contributed by atoms with Crippen molar-refractivity contribution < 1.29 is 4.79 Å². The van der Waals surface area contributed by atoms with Crippen molar-refractivity contribution >= 4 is 5.91 Å². The van der Waals surface area contributed by atoms with E-state index in [1.54, 1.807) is 0 Å². The van der Waals surface area contributed by atoms with Gasteiger partial charge in [0.15, 0.2) is 0 Å². The van der Waals surface area contributed by atoms with Gasteiger partial charge in [-0.2, -0.15) is 0 Å². The Labute approximate surface area is 116 Å². The van der Waals surface area contributed by atoms with Gasteiger partial charge in [0.25, 0.3) is 0 Å². The summed E-state index contributed by atoms with van der Waals surface area (Å²) >= 11 is 0. The zero-order valence-electron chi connectivity index (χ0n) is 12.4. The van der Waals surface area contributed by atoms with Gasteiger partial charge in [0.2, 0.25) is 5.91 Å². The fraction of sp³-hybridized carbons (Fsp3) is 0.562. The summed E-state index contributed by atoms with van der Waals surface area (Å²) in [5, 5.41) is 3.11. The van der Waals surface area contributed by atoms with E-state index >= 15 is 0 Å². The van der Waals surface area contributed by atoms with Crippen molar-refractivity contribution in [3.05, 3.63) is 35.9 Å². The lowest BCUT2D eigenvalue weighted by Gasteiger charge is -2.32. The molecule has 0 spiro atoms. The van der Waals surface area contributed by atoms with Crippen LogP contribution in [0.25, 0.3) is 0 Å². The quantitative estimate of drug-likeness (QED) is 0.828. The zero-order valence-corrected chi connectivity index (χ0v) is 12.4. The molecule has 0 aliphatic carbocycles. The first kappa shape index (κ1) is 15.7. The van der Waals surface area contributed by atoms with E-state index in [4.69, 9.17) is 5.73 Å². The minimum Gasteiger partial charge on any atom is -0.349 e. The normalized spacial score (nSPS) is 15.9. The Morgan fingerprint density at radius 3 is 2.32 bits per heavy atom. The molecule has 3 heteroatoms. The summed E-state index contributed by atoms with van der Waals surface area (Å²) < 4.78 is 0. The summed E-state index contributed by atoms with van der Waals surface area (Å²) in [6, 6.07) is 9.82. The highest BCUT2D eigenvalue weighted by atomic mass is 16.2. The number of nitrogens with one attached hydrogen (secondary N) is 1. The maximum atomic E-state index is 12.3. The van der Waals surface area contributed by atoms with Crippen LogP contribution in [0, 0.1) is 5.92 Å². The summed E-state index contributed by atoms with van der Waals surface area (Å²) in [7, 11) is 0. The molecule has 0 saturated carbocycles. The second-order valence-electron chi connectivity index (χ2n) is 5.98. The lowest BCUT2D eigenvalue weighted by molar-refractivity contribution is -0.124. The average molecular weight is 262 g/mol. The van der Waals surface area contributed by atoms with Gasteiger partial charge in [-0.3, -0.25) is 4.79 Å². The molecule has 3 N–H and O–H groups in total. The molecule has 19 heavy (non-hydrogen) atoms. The van der Waals surface area contributed by atoms with Crippen molar-refractivity contribution in [2.75, 3.05) is 6.54 Å². The molecule has 3 nitrogen and oxygen atoms in total. The van der Waals surface area contributed by atoms with E-state index in [0.717, 1.165) is 12.0 Å². The van der Waals surface area contributed by atoms with Crippen LogP contribution in [0.2, 0.25) is 0 Å². The molecule has 0 heterocycles. The fourth-order valence-corrected chi connectivity index (χ4v) is 2.39. The molecule has 1 rings (SSSR count). The molecular formula is C16H26N2O. The molecule has 1 aromatic rings. The van der Waals surface area contributed by atoms with Crippen LogP contribution in [0.1, 0.15) is 45.6 Å². The van der Waals surface area contributed by atoms with Gasteiger partial charge in [0.1, 0.15) is 0 Å². The second-order valence-corrected chi connectivity index (χ2v) is 5.98. The van der Waals surface area contributed by atoms with Crippen molar-refractivity contribution in [1.29, 1.82) is 0 Å². The minimum atomic E-state index is -0.325. The number of rotatable bonds is 6. The van der Waals surface area contributed by atoms with E-state index in [2.05, 4.69) is 19.2 Å². The molecule has 0 saturated heterocycles. The van der Waals surface area contributed by atoms with Crippen LogP contribution in [0.4, 0.5) is 0 Å². The van der Waals surface area contributed by atoms with E-state index < -0.39 is 0 Å². The molecule has 0 aromatic heterocycles. The number of hydrogen-bond acceptors (Lipinski definition) is 2. The van der Waals surface area contributed by atoms with Gasteiger partial charge < -0.3 is 11.1 Å². The highest BCUT2D eigenvalue weighted by molar-refractivity contribution is 5.83. The highest BCUT2D eigenvalue weighted by Gasteiger charge is 2.28. The van der Waals surface area contributed by atoms with Crippen molar-refractivity contribution in [3.8, 4) is 0 Å². The topological polar surface area (TPSA) is 55.1 Å². The summed E-state index contributed by atoms with van der Waals surface area (Å²) in [5.74, 6) is 0.389. The number of carbonyl (C=O) groups excluding carboxylic acids is 1. The molecule has 1 amide bonds. The molecule has 0 bridgehead atoms. The standard InChI is InChI=1S/C16H26N2O/c1-12(2)10-16(4,11-17)18-15(19)13(3)14-8-6-5-7-9-14/h5-9,12-13H,10-11,17H2,1-4H3,(H,18,19). The smallest absolute Gasteiger partial charge is 0.227 e. The first-order chi connectivity index (χ1) is 8.88. The van der Waals surface area contributed by atoms with E-state index in [9.17, 15) is 4.79 Å². The molecular weight excluding hydrogens is 236 g/mol. The maximum absolute atomic E-state index is 12.3. The van der Waals surface area contributed by atoms with Crippen LogP contribution in [0.15, 0.2) is 30.3 Å². The third kappa shape index (κ3) is 4.67. The summed E-state index contributed by atoms with van der Waals surface area (Å²) in [6.07, 6.45) is 0.886. The summed E-state index contributed by atoms with van der Waals surface area (Å²) in [5.41, 5.74) is 6.53. The Balaban J connectivity index is 2.73. The molecule has 0 aliphatic rings. The van der Waals surface area contributed by atoms with Crippen molar-refractivity contribution in [3.63, 3.8) is 0 Å². The minimum absolute atomic E-state index is 0.0415. The Morgan fingerprint density at radius 1 is 1.26 bits per heavy atom. The zero-order chi connectivity index (χ0) is 14.5. The lowest BCUT2D eigenvalue weighted by atomic mass is 9.89. The molecule has 2 unspecified atom stereocenters. The first-order valence-electron chi connectivity index (χ1n) is 6.95. The van der Waals surface area contributed by atoms with Crippen LogP contribution in [0.3, 0.4) is 0 Å². The third-order valence-electron chi connectivity index (χ3n) is 3.43. The largest absolute Gasteiger partial charge is 0.349 e. The number of nitrogens with two attached hydrogens (primary N) is 1. The SMILES string of the molecule is CC(C)CC(C)(CN)NC(=O)C(C)c1ccccc1. The van der Waals surface area contributed by atoms with Gasteiger partial charge in [-0.1, -0.05) is 44.2 Å². The molecule has 0 radical (unpaired) electrons. The number of hydrogen-bond donors (Lipinski definition) is 2. The summed E-state index contributed by atoms with van der Waals surface area (Å²) in [4.78, 5) is 12.3. The molecule has 0 fully saturated rings. The predicted octanol–water partition coefficient (Wildman–Crippen LogP) is 2.67. The Hall–Kier alpha value is -1.35. The Morgan fingerprint density at radius 2 is 1.84 bits per heavy atom. The lowest BCUT2D eigenvalue weighted by Crippen LogP contribution is -2.53. The van der Waals surface area contributed by atoms with E-state index in [-0.39, 0.29) is 17.4 Å². The molecule has 1 aromatic carbocycles. The van der Waals surface area contributed by atoms with Crippen LogP contribution >= 0.6 is 0 Å². The van der Waals surface area contributed by atoms with Gasteiger partial charge in [-0.15, -0.1) is 0 Å². The monoisotopic (exact) mass is 262 g/mol. The van der Waals surface area contributed by atoms with Crippen LogP contribution in [-0.2, 0) is 4.79 Å². The van der Waals surface area contributed by atoms with E-state index in [1.807, 2.05) is 44.2 Å². The van der Waals surface area contributed by atoms with Crippen LogP contribution in [0.5, 0.6) is 0 Å². The van der Waals surface area contributed by atoms with Gasteiger partial charge in [0, 0.05) is 12.1 Å². The second kappa shape index (κ2) is 6.71. The molecule has 106 valence electrons. The van der Waals surface area contributed by atoms with Crippen LogP contribution < -0.4 is 11.1 Å². The van der Waals surface area contributed by atoms with Gasteiger partial charge in [-0.05, 0) is 31.7 Å². The van der Waals surface area contributed by atoms with E-state index in [1.165, 1.54) is 0 Å². The third-order valence-corrected chi connectivity index (χ3v) is 3.43. The van der Waals surface area contributed by atoms with Crippen LogP contribution in [-0.4, -0.2) is 18.0 Å². The van der Waals surface area contributed by atoms with Crippen molar-refractivity contribution in [1.82, 2.24) is 5.32 Å².